The monoisotopic (exact) mass is 540 g/mol. The van der Waals surface area contributed by atoms with Crippen LogP contribution in [0.1, 0.15) is 12.7 Å². The highest BCUT2D eigenvalue weighted by atomic mass is 32.2. The van der Waals surface area contributed by atoms with Crippen molar-refractivity contribution in [2.75, 3.05) is 10.5 Å². The summed E-state index contributed by atoms with van der Waals surface area (Å²) in [6.45, 7) is 3.27. The second kappa shape index (κ2) is 9.45. The minimum atomic E-state index is -3.62. The molecule has 0 radical (unpaired) electrons. The van der Waals surface area contributed by atoms with Crippen LogP contribution in [0.5, 0.6) is 11.5 Å². The zero-order valence-corrected chi connectivity index (χ0v) is 21.3. The van der Waals surface area contributed by atoms with Crippen LogP contribution in [0.4, 0.5) is 14.5 Å². The number of imidazole rings is 1. The van der Waals surface area contributed by atoms with Crippen LogP contribution < -0.4 is 15.0 Å². The topological polar surface area (TPSA) is 119 Å². The molecule has 3 heterocycles. The van der Waals surface area contributed by atoms with Gasteiger partial charge in [0.05, 0.1) is 17.3 Å². The van der Waals surface area contributed by atoms with Gasteiger partial charge >= 0.3 is 0 Å². The van der Waals surface area contributed by atoms with E-state index in [1.807, 2.05) is 0 Å². The molecule has 5 rings (SSSR count). The van der Waals surface area contributed by atoms with Crippen LogP contribution >= 0.6 is 0 Å². The van der Waals surface area contributed by atoms with Crippen LogP contribution in [0.25, 0.3) is 33.6 Å². The van der Waals surface area contributed by atoms with Crippen molar-refractivity contribution in [3.63, 3.8) is 0 Å². The predicted molar refractivity (Wildman–Crippen MR) is 139 cm³/mol. The number of pyridine rings is 1. The van der Waals surface area contributed by atoms with E-state index >= 15 is 0 Å². The SMILES string of the molecule is CCS(=O)(=O)Nc1ccc(Oc2ccc(F)cc2F)c(-c2cn(C)c(=O)c3cc(-c4cnc(C)[nH]4)oc23)c1. The Kier molecular flexibility index (Phi) is 6.27. The van der Waals surface area contributed by atoms with E-state index in [9.17, 15) is 22.0 Å². The van der Waals surface area contributed by atoms with E-state index in [2.05, 4.69) is 14.7 Å². The number of sulfonamides is 1. The van der Waals surface area contributed by atoms with Crippen molar-refractivity contribution in [2.24, 2.45) is 7.05 Å². The highest BCUT2D eigenvalue weighted by molar-refractivity contribution is 7.92. The molecule has 3 aromatic heterocycles. The smallest absolute Gasteiger partial charge is 0.261 e. The Labute approximate surface area is 215 Å². The third kappa shape index (κ3) is 4.77. The first kappa shape index (κ1) is 25.2. The van der Waals surface area contributed by atoms with Crippen molar-refractivity contribution >= 4 is 26.7 Å². The van der Waals surface area contributed by atoms with E-state index in [4.69, 9.17) is 9.15 Å². The average Bonchev–Trinajstić information content (AvgIpc) is 3.51. The summed E-state index contributed by atoms with van der Waals surface area (Å²) in [5.74, 6) is -0.963. The van der Waals surface area contributed by atoms with Crippen LogP contribution in [0, 0.1) is 18.6 Å². The summed E-state index contributed by atoms with van der Waals surface area (Å²) in [5, 5.41) is 0.255. The standard InChI is InChI=1S/C26H22F2N4O5S/c1-4-38(34,35)31-16-6-8-22(36-23-7-5-15(27)9-20(23)28)17(10-16)19-13-32(3)26(33)18-11-24(37-25(18)19)21-12-29-14(2)30-21/h5-13,31H,4H2,1-3H3,(H,29,30). The van der Waals surface area contributed by atoms with Gasteiger partial charge in [0.15, 0.2) is 17.3 Å². The van der Waals surface area contributed by atoms with Crippen molar-refractivity contribution in [3.8, 4) is 34.1 Å². The van der Waals surface area contributed by atoms with Gasteiger partial charge in [-0.05, 0) is 50.2 Å². The van der Waals surface area contributed by atoms with Crippen molar-refractivity contribution < 1.29 is 26.4 Å². The molecule has 0 aliphatic carbocycles. The molecule has 0 saturated heterocycles. The van der Waals surface area contributed by atoms with Crippen molar-refractivity contribution in [3.05, 3.63) is 82.7 Å². The van der Waals surface area contributed by atoms with Gasteiger partial charge in [0.25, 0.3) is 5.56 Å². The summed E-state index contributed by atoms with van der Waals surface area (Å²) in [4.78, 5) is 20.2. The van der Waals surface area contributed by atoms with Gasteiger partial charge in [-0.25, -0.2) is 22.2 Å². The first-order chi connectivity index (χ1) is 18.0. The van der Waals surface area contributed by atoms with Crippen molar-refractivity contribution in [1.82, 2.24) is 14.5 Å². The lowest BCUT2D eigenvalue weighted by molar-refractivity contribution is 0.439. The Balaban J connectivity index is 1.74. The van der Waals surface area contributed by atoms with E-state index in [0.29, 0.717) is 34.5 Å². The Bertz CT molecular complexity index is 1860. The first-order valence-corrected chi connectivity index (χ1v) is 13.1. The fourth-order valence-electron chi connectivity index (χ4n) is 3.94. The number of benzene rings is 2. The summed E-state index contributed by atoms with van der Waals surface area (Å²) in [5.41, 5.74) is 1.32. The highest BCUT2D eigenvalue weighted by Gasteiger charge is 2.21. The second-order valence-corrected chi connectivity index (χ2v) is 10.6. The van der Waals surface area contributed by atoms with Gasteiger partial charge < -0.3 is 18.7 Å². The summed E-state index contributed by atoms with van der Waals surface area (Å²) < 4.78 is 68.1. The fraction of sp³-hybridized carbons (Fsp3) is 0.154. The molecular weight excluding hydrogens is 518 g/mol. The van der Waals surface area contributed by atoms with Crippen LogP contribution in [0.2, 0.25) is 0 Å². The maximum atomic E-state index is 14.5. The molecule has 0 atom stereocenters. The van der Waals surface area contributed by atoms with Crippen molar-refractivity contribution in [1.29, 1.82) is 0 Å². The van der Waals surface area contributed by atoms with Gasteiger partial charge in [-0.3, -0.25) is 9.52 Å². The lowest BCUT2D eigenvalue weighted by Gasteiger charge is -2.15. The van der Waals surface area contributed by atoms with Gasteiger partial charge in [0, 0.05) is 36.1 Å². The van der Waals surface area contributed by atoms with E-state index in [0.717, 1.165) is 12.1 Å². The van der Waals surface area contributed by atoms with E-state index in [-0.39, 0.29) is 39.5 Å². The Morgan fingerprint density at radius 3 is 2.55 bits per heavy atom. The van der Waals surface area contributed by atoms with Gasteiger partial charge in [-0.15, -0.1) is 0 Å². The molecule has 0 saturated carbocycles. The molecule has 0 bridgehead atoms. The van der Waals surface area contributed by atoms with Crippen LogP contribution in [-0.4, -0.2) is 28.7 Å². The number of fused-ring (bicyclic) bond motifs is 1. The molecule has 5 aromatic rings. The number of anilines is 1. The zero-order chi connectivity index (χ0) is 27.2. The fourth-order valence-corrected chi connectivity index (χ4v) is 4.57. The third-order valence-electron chi connectivity index (χ3n) is 5.86. The third-order valence-corrected chi connectivity index (χ3v) is 7.16. The van der Waals surface area contributed by atoms with E-state index in [1.165, 1.54) is 35.9 Å². The number of aryl methyl sites for hydroxylation is 2. The molecule has 2 aromatic carbocycles. The summed E-state index contributed by atoms with van der Waals surface area (Å²) >= 11 is 0. The van der Waals surface area contributed by atoms with Crippen molar-refractivity contribution in [2.45, 2.75) is 13.8 Å². The highest BCUT2D eigenvalue weighted by Crippen LogP contribution is 2.40. The summed E-state index contributed by atoms with van der Waals surface area (Å²) in [7, 11) is -2.07. The molecule has 38 heavy (non-hydrogen) atoms. The Morgan fingerprint density at radius 1 is 1.11 bits per heavy atom. The molecule has 9 nitrogen and oxygen atoms in total. The number of aromatic nitrogens is 3. The molecule has 0 amide bonds. The Morgan fingerprint density at radius 2 is 1.87 bits per heavy atom. The molecule has 2 N–H and O–H groups in total. The minimum absolute atomic E-state index is 0.116. The molecule has 196 valence electrons. The normalized spacial score (nSPS) is 11.7. The first-order valence-electron chi connectivity index (χ1n) is 11.5. The number of halogens is 2. The van der Waals surface area contributed by atoms with Gasteiger partial charge in [0.1, 0.15) is 28.7 Å². The lowest BCUT2D eigenvalue weighted by atomic mass is 10.0. The average molecular weight is 541 g/mol. The Hall–Kier alpha value is -4.45. The van der Waals surface area contributed by atoms with Gasteiger partial charge in [-0.2, -0.15) is 0 Å². The molecule has 12 heteroatoms. The molecule has 0 aliphatic rings. The number of hydrogen-bond acceptors (Lipinski definition) is 6. The predicted octanol–water partition coefficient (Wildman–Crippen LogP) is 5.33. The number of hydrogen-bond donors (Lipinski definition) is 2. The minimum Gasteiger partial charge on any atom is -0.454 e. The van der Waals surface area contributed by atoms with E-state index < -0.39 is 21.7 Å². The molecule has 0 unspecified atom stereocenters. The number of furan rings is 1. The number of rotatable bonds is 7. The van der Waals surface area contributed by atoms with Gasteiger partial charge in [-0.1, -0.05) is 0 Å². The number of H-pyrrole nitrogens is 1. The van der Waals surface area contributed by atoms with Crippen LogP contribution in [0.3, 0.4) is 0 Å². The van der Waals surface area contributed by atoms with Crippen LogP contribution in [0.15, 0.2) is 64.1 Å². The largest absolute Gasteiger partial charge is 0.454 e. The maximum absolute atomic E-state index is 14.5. The number of nitrogens with one attached hydrogen (secondary N) is 2. The van der Waals surface area contributed by atoms with Gasteiger partial charge in [0.2, 0.25) is 10.0 Å². The molecule has 0 spiro atoms. The molecular formula is C26H22F2N4O5S. The summed E-state index contributed by atoms with van der Waals surface area (Å²) in [6, 6.07) is 8.86. The lowest BCUT2D eigenvalue weighted by Crippen LogP contribution is -2.16. The van der Waals surface area contributed by atoms with Crippen LogP contribution in [-0.2, 0) is 17.1 Å². The second-order valence-electron chi connectivity index (χ2n) is 8.59. The number of nitrogens with zero attached hydrogens (tertiary/aromatic N) is 2. The summed E-state index contributed by atoms with van der Waals surface area (Å²) in [6.07, 6.45) is 3.08. The molecule has 0 aliphatic heterocycles. The number of ether oxygens (including phenoxy) is 1. The van der Waals surface area contributed by atoms with E-state index in [1.54, 1.807) is 26.2 Å². The quantitative estimate of drug-likeness (QED) is 0.288. The maximum Gasteiger partial charge on any atom is 0.261 e. The number of aromatic amines is 1. The zero-order valence-electron chi connectivity index (χ0n) is 20.5. The molecule has 0 fully saturated rings.